The van der Waals surface area contributed by atoms with E-state index >= 15 is 0 Å². The molecular weight excluding hydrogens is 570 g/mol. The van der Waals surface area contributed by atoms with Crippen LogP contribution in [-0.2, 0) is 4.74 Å². The number of carbonyl (C=O) groups excluding carboxylic acids is 1. The smallest absolute Gasteiger partial charge is 0.482 e. The Morgan fingerprint density at radius 1 is 1.19 bits per heavy atom. The van der Waals surface area contributed by atoms with E-state index in [2.05, 4.69) is 32.7 Å². The van der Waals surface area contributed by atoms with Crippen molar-refractivity contribution < 1.29 is 28.5 Å². The van der Waals surface area contributed by atoms with Gasteiger partial charge in [0.15, 0.2) is 0 Å². The zero-order chi connectivity index (χ0) is 30.7. The maximum absolute atomic E-state index is 13.5. The highest BCUT2D eigenvalue weighted by molar-refractivity contribution is 6.30. The highest BCUT2D eigenvalue weighted by Gasteiger charge is 2.69. The number of pyridine rings is 1. The number of hydrogen-bond donors (Lipinski definition) is 1. The van der Waals surface area contributed by atoms with Crippen molar-refractivity contribution in [2.45, 2.75) is 78.1 Å². The van der Waals surface area contributed by atoms with E-state index in [9.17, 15) is 14.7 Å². The van der Waals surface area contributed by atoms with E-state index in [1.807, 2.05) is 6.92 Å². The average molecular weight is 608 g/mol. The van der Waals surface area contributed by atoms with E-state index in [1.54, 1.807) is 54.9 Å². The highest BCUT2D eigenvalue weighted by atomic mass is 35.5. The molecule has 0 bridgehead atoms. The van der Waals surface area contributed by atoms with Gasteiger partial charge in [0.2, 0.25) is 0 Å². The molecule has 2 fully saturated rings. The Hall–Kier alpha value is -3.36. The van der Waals surface area contributed by atoms with E-state index in [0.717, 1.165) is 19.3 Å². The van der Waals surface area contributed by atoms with Crippen LogP contribution in [-0.4, -0.2) is 28.0 Å². The van der Waals surface area contributed by atoms with Gasteiger partial charge < -0.3 is 23.7 Å². The topological polar surface area (TPSA) is 108 Å². The van der Waals surface area contributed by atoms with E-state index in [-0.39, 0.29) is 28.4 Å². The fourth-order valence-electron chi connectivity index (χ4n) is 8.53. The number of benzene rings is 1. The Morgan fingerprint density at radius 2 is 1.93 bits per heavy atom. The zero-order valence-electron chi connectivity index (χ0n) is 25.1. The number of nitrogens with zero attached hydrogens (tertiary/aromatic N) is 1. The van der Waals surface area contributed by atoms with Gasteiger partial charge in [0.05, 0.1) is 6.10 Å². The summed E-state index contributed by atoms with van der Waals surface area (Å²) in [6, 6.07) is 11.6. The van der Waals surface area contributed by atoms with Crippen LogP contribution in [0.5, 0.6) is 11.5 Å². The van der Waals surface area contributed by atoms with Crippen molar-refractivity contribution in [2.75, 3.05) is 0 Å². The molecule has 6 rings (SSSR count). The Labute approximate surface area is 256 Å². The van der Waals surface area contributed by atoms with Crippen molar-refractivity contribution in [3.8, 4) is 22.8 Å². The molecule has 0 radical (unpaired) electrons. The molecule has 9 heteroatoms. The second-order valence-corrected chi connectivity index (χ2v) is 13.6. The molecule has 228 valence electrons. The van der Waals surface area contributed by atoms with Crippen molar-refractivity contribution in [3.05, 3.63) is 75.9 Å². The summed E-state index contributed by atoms with van der Waals surface area (Å²) in [4.78, 5) is 30.9. The lowest BCUT2D eigenvalue weighted by Gasteiger charge is -2.67. The van der Waals surface area contributed by atoms with Crippen LogP contribution in [0.3, 0.4) is 0 Å². The molecule has 3 aromatic rings. The van der Waals surface area contributed by atoms with Gasteiger partial charge in [-0.1, -0.05) is 45.7 Å². The molecule has 1 N–H and O–H groups in total. The highest BCUT2D eigenvalue weighted by Crippen LogP contribution is 2.68. The maximum Gasteiger partial charge on any atom is 0.514 e. The number of hydrogen-bond acceptors (Lipinski definition) is 8. The zero-order valence-corrected chi connectivity index (χ0v) is 25.9. The predicted octanol–water partition coefficient (Wildman–Crippen LogP) is 7.61. The molecule has 3 aliphatic rings. The molecule has 0 saturated heterocycles. The van der Waals surface area contributed by atoms with Gasteiger partial charge >= 0.3 is 11.8 Å². The summed E-state index contributed by atoms with van der Waals surface area (Å²) in [5.74, 6) is 0.714. The monoisotopic (exact) mass is 607 g/mol. The molecule has 8 nitrogen and oxygen atoms in total. The third kappa shape index (κ3) is 4.74. The van der Waals surface area contributed by atoms with Gasteiger partial charge in [-0.2, -0.15) is 0 Å². The summed E-state index contributed by atoms with van der Waals surface area (Å²) in [6.45, 7) is 10.8. The van der Waals surface area contributed by atoms with Crippen LogP contribution in [0.15, 0.2) is 64.1 Å². The van der Waals surface area contributed by atoms with Crippen LogP contribution in [0.25, 0.3) is 11.3 Å². The first-order valence-electron chi connectivity index (χ1n) is 15.0. The molecular formula is C34H38ClNO7. The average Bonchev–Trinajstić information content (AvgIpc) is 2.97. The van der Waals surface area contributed by atoms with Gasteiger partial charge in [0.25, 0.3) is 0 Å². The lowest BCUT2D eigenvalue weighted by atomic mass is 9.41. The fourth-order valence-corrected chi connectivity index (χ4v) is 8.66. The SMILES string of the molecule is CC[C@@]1(C)C2C[C@H](OC(=O)Oc3ccc(Cl)cc3)[C@@]3(C)Oc4cc(-c5cccnc5)oc(=O)c4[C@H](O)C3[C@@]2(C)CC[C@@H]1C. The number of rotatable bonds is 4. The second kappa shape index (κ2) is 10.7. The quantitative estimate of drug-likeness (QED) is 0.238. The standard InChI is InChI=1S/C34H38ClNO7/c1-6-32(3)19(2)13-14-33(4)25(32)17-26(42-31(39)40-22-11-9-21(35)10-12-22)34(5)29(33)28(37)27-24(43-34)16-23(41-30(27)38)20-8-7-15-36-18-20/h7-12,15-16,18-19,25-26,28-29,37H,6,13-14,17H2,1-5H3/t19-,25?,26-,28-,29?,32+,33-,34+/m0/s1. The van der Waals surface area contributed by atoms with Crippen molar-refractivity contribution in [1.29, 1.82) is 0 Å². The van der Waals surface area contributed by atoms with Crippen LogP contribution < -0.4 is 15.1 Å². The normalized spacial score (nSPS) is 34.6. The Balaban J connectivity index is 1.45. The number of fused-ring (bicyclic) bond motifs is 4. The summed E-state index contributed by atoms with van der Waals surface area (Å²) in [6.07, 6.45) is 3.63. The predicted molar refractivity (Wildman–Crippen MR) is 161 cm³/mol. The molecule has 8 atom stereocenters. The summed E-state index contributed by atoms with van der Waals surface area (Å²) < 4.78 is 24.1. The Bertz CT molecular complexity index is 1580. The van der Waals surface area contributed by atoms with Crippen molar-refractivity contribution in [3.63, 3.8) is 0 Å². The van der Waals surface area contributed by atoms with Crippen LogP contribution >= 0.6 is 11.6 Å². The minimum absolute atomic E-state index is 0.0710. The summed E-state index contributed by atoms with van der Waals surface area (Å²) in [5, 5.41) is 12.7. The third-order valence-electron chi connectivity index (χ3n) is 11.1. The van der Waals surface area contributed by atoms with E-state index < -0.39 is 40.9 Å². The second-order valence-electron chi connectivity index (χ2n) is 13.1. The minimum atomic E-state index is -1.20. The van der Waals surface area contributed by atoms with Crippen molar-refractivity contribution >= 4 is 17.8 Å². The Morgan fingerprint density at radius 3 is 2.60 bits per heavy atom. The maximum atomic E-state index is 13.5. The molecule has 0 amide bonds. The summed E-state index contributed by atoms with van der Waals surface area (Å²) in [5.41, 5.74) is -1.65. The van der Waals surface area contributed by atoms with Gasteiger partial charge in [0.1, 0.15) is 34.5 Å². The van der Waals surface area contributed by atoms with Gasteiger partial charge in [-0.15, -0.1) is 0 Å². The number of aliphatic hydroxyl groups is 1. The molecule has 1 aliphatic heterocycles. The van der Waals surface area contributed by atoms with Gasteiger partial charge in [-0.25, -0.2) is 9.59 Å². The van der Waals surface area contributed by atoms with Crippen molar-refractivity contribution in [2.24, 2.45) is 28.6 Å². The van der Waals surface area contributed by atoms with Gasteiger partial charge in [0, 0.05) is 35.0 Å². The number of carbonyl (C=O) groups is 1. The van der Waals surface area contributed by atoms with E-state index in [4.69, 9.17) is 30.2 Å². The number of aliphatic hydroxyl groups excluding tert-OH is 1. The molecule has 2 aliphatic carbocycles. The molecule has 2 unspecified atom stereocenters. The largest absolute Gasteiger partial charge is 0.514 e. The molecule has 1 aromatic carbocycles. The summed E-state index contributed by atoms with van der Waals surface area (Å²) >= 11 is 6.00. The molecule has 3 heterocycles. The number of aromatic nitrogens is 1. The van der Waals surface area contributed by atoms with Gasteiger partial charge in [-0.3, -0.25) is 4.98 Å². The van der Waals surface area contributed by atoms with Crippen LogP contribution in [0.4, 0.5) is 4.79 Å². The van der Waals surface area contributed by atoms with E-state index in [1.165, 1.54) is 0 Å². The lowest BCUT2D eigenvalue weighted by molar-refractivity contribution is -0.254. The minimum Gasteiger partial charge on any atom is -0.482 e. The van der Waals surface area contributed by atoms with Crippen LogP contribution in [0.1, 0.15) is 72.0 Å². The molecule has 2 saturated carbocycles. The lowest BCUT2D eigenvalue weighted by Crippen LogP contribution is -2.70. The van der Waals surface area contributed by atoms with Crippen LogP contribution in [0.2, 0.25) is 5.02 Å². The first kappa shape index (κ1) is 29.7. The number of ether oxygens (including phenoxy) is 3. The molecule has 43 heavy (non-hydrogen) atoms. The molecule has 0 spiro atoms. The third-order valence-corrected chi connectivity index (χ3v) is 11.4. The van der Waals surface area contributed by atoms with Crippen molar-refractivity contribution in [1.82, 2.24) is 4.98 Å². The van der Waals surface area contributed by atoms with Crippen LogP contribution in [0, 0.1) is 28.6 Å². The fraction of sp³-hybridized carbons (Fsp3) is 0.500. The Kier molecular flexibility index (Phi) is 7.37. The van der Waals surface area contributed by atoms with Gasteiger partial charge in [-0.05, 0) is 85.3 Å². The summed E-state index contributed by atoms with van der Waals surface area (Å²) in [7, 11) is 0. The first-order chi connectivity index (χ1) is 20.4. The molecule has 2 aromatic heterocycles. The number of halogens is 1. The van der Waals surface area contributed by atoms with E-state index in [0.29, 0.717) is 28.7 Å². The first-order valence-corrected chi connectivity index (χ1v) is 15.4.